The molecule has 0 aromatic heterocycles. The van der Waals surface area contributed by atoms with Crippen LogP contribution in [0.25, 0.3) is 0 Å². The minimum Gasteiger partial charge on any atom is -0.494 e. The quantitative estimate of drug-likeness (QED) is 0.669. The number of carbonyl (C=O) groups is 1. The monoisotopic (exact) mass is 409 g/mol. The molecule has 0 amide bonds. The van der Waals surface area contributed by atoms with E-state index in [0.717, 1.165) is 0 Å². The third kappa shape index (κ3) is 4.48. The second-order valence-corrected chi connectivity index (χ2v) is 7.39. The summed E-state index contributed by atoms with van der Waals surface area (Å²) in [5.74, 6) is 0.405. The van der Waals surface area contributed by atoms with Crippen LogP contribution in [0.4, 0.5) is 5.69 Å². The van der Waals surface area contributed by atoms with Crippen LogP contribution in [0.1, 0.15) is 22.8 Å². The van der Waals surface area contributed by atoms with E-state index in [4.69, 9.17) is 18.9 Å². The lowest BCUT2D eigenvalue weighted by molar-refractivity contribution is 0.0601. The number of carbonyl (C=O) groups excluding carboxylic acids is 1. The number of hydrogen-bond donors (Lipinski definition) is 1. The zero-order chi connectivity index (χ0) is 20.9. The number of ether oxygens (including phenoxy) is 4. The Morgan fingerprint density at radius 3 is 2.18 bits per heavy atom. The number of esters is 1. The van der Waals surface area contributed by atoms with Crippen molar-refractivity contribution in [2.24, 2.45) is 0 Å². The molecule has 0 aliphatic heterocycles. The van der Waals surface area contributed by atoms with Crippen LogP contribution >= 0.6 is 0 Å². The topological polar surface area (TPSA) is 100 Å². The maximum Gasteiger partial charge on any atom is 0.340 e. The Hall–Kier alpha value is -2.94. The molecule has 0 aliphatic carbocycles. The minimum atomic E-state index is -3.99. The summed E-state index contributed by atoms with van der Waals surface area (Å²) in [7, 11) is 0.0302. The van der Waals surface area contributed by atoms with E-state index in [0.29, 0.717) is 17.9 Å². The Morgan fingerprint density at radius 1 is 1.00 bits per heavy atom. The molecule has 28 heavy (non-hydrogen) atoms. The summed E-state index contributed by atoms with van der Waals surface area (Å²) < 4.78 is 48.7. The van der Waals surface area contributed by atoms with Gasteiger partial charge in [-0.3, -0.25) is 4.72 Å². The molecule has 2 aromatic rings. The SMILES string of the molecule is CCOc1ccc(S(=O)(=O)Nc2cc(OC)c(OC)cc2C(=O)OC)cc1C. The molecule has 0 atom stereocenters. The fourth-order valence-corrected chi connectivity index (χ4v) is 3.71. The summed E-state index contributed by atoms with van der Waals surface area (Å²) in [5, 5.41) is 0. The molecule has 0 fully saturated rings. The van der Waals surface area contributed by atoms with Crippen LogP contribution in [0.3, 0.4) is 0 Å². The number of aryl methyl sites for hydroxylation is 1. The largest absolute Gasteiger partial charge is 0.494 e. The average Bonchev–Trinajstić information content (AvgIpc) is 2.68. The lowest BCUT2D eigenvalue weighted by atomic mass is 10.1. The molecule has 0 spiro atoms. The first-order valence-electron chi connectivity index (χ1n) is 8.38. The van der Waals surface area contributed by atoms with Gasteiger partial charge in [0.25, 0.3) is 10.0 Å². The van der Waals surface area contributed by atoms with E-state index < -0.39 is 16.0 Å². The molecule has 0 heterocycles. The van der Waals surface area contributed by atoms with Gasteiger partial charge in [0.05, 0.1) is 44.1 Å². The van der Waals surface area contributed by atoms with Crippen molar-refractivity contribution >= 4 is 21.7 Å². The Balaban J connectivity index is 2.50. The first kappa shape index (κ1) is 21.4. The summed E-state index contributed by atoms with van der Waals surface area (Å²) >= 11 is 0. The van der Waals surface area contributed by atoms with E-state index in [2.05, 4.69) is 4.72 Å². The Bertz CT molecular complexity index is 970. The van der Waals surface area contributed by atoms with Gasteiger partial charge >= 0.3 is 5.97 Å². The van der Waals surface area contributed by atoms with E-state index in [9.17, 15) is 13.2 Å². The molecule has 0 aliphatic rings. The van der Waals surface area contributed by atoms with E-state index in [1.165, 1.54) is 45.6 Å². The van der Waals surface area contributed by atoms with Crippen LogP contribution < -0.4 is 18.9 Å². The highest BCUT2D eigenvalue weighted by molar-refractivity contribution is 7.92. The molecule has 152 valence electrons. The van der Waals surface area contributed by atoms with Crippen molar-refractivity contribution in [3.8, 4) is 17.2 Å². The van der Waals surface area contributed by atoms with Crippen LogP contribution in [0.2, 0.25) is 0 Å². The van der Waals surface area contributed by atoms with Crippen molar-refractivity contribution in [2.45, 2.75) is 18.7 Å². The third-order valence-electron chi connectivity index (χ3n) is 3.93. The number of rotatable bonds is 8. The summed E-state index contributed by atoms with van der Waals surface area (Å²) in [6, 6.07) is 7.23. The van der Waals surface area contributed by atoms with Crippen LogP contribution in [-0.4, -0.2) is 42.3 Å². The van der Waals surface area contributed by atoms with Crippen molar-refractivity contribution in [3.05, 3.63) is 41.5 Å². The van der Waals surface area contributed by atoms with Crippen molar-refractivity contribution in [2.75, 3.05) is 32.7 Å². The lowest BCUT2D eigenvalue weighted by Gasteiger charge is -2.16. The number of hydrogen-bond acceptors (Lipinski definition) is 7. The molecular weight excluding hydrogens is 386 g/mol. The Labute approximate surface area is 164 Å². The standard InChI is InChI=1S/C19H23NO7S/c1-6-27-16-8-7-13(9-12(16)2)28(22,23)20-15-11-18(25-4)17(24-3)10-14(15)19(21)26-5/h7-11,20H,6H2,1-5H3. The van der Waals surface area contributed by atoms with Gasteiger partial charge in [-0.25, -0.2) is 13.2 Å². The molecular formula is C19H23NO7S. The molecule has 0 radical (unpaired) electrons. The first-order valence-corrected chi connectivity index (χ1v) is 9.86. The highest BCUT2D eigenvalue weighted by Gasteiger charge is 2.23. The van der Waals surface area contributed by atoms with Gasteiger partial charge in [-0.05, 0) is 37.6 Å². The second-order valence-electron chi connectivity index (χ2n) is 5.71. The van der Waals surface area contributed by atoms with Gasteiger partial charge in [-0.15, -0.1) is 0 Å². The summed E-state index contributed by atoms with van der Waals surface area (Å²) in [4.78, 5) is 12.2. The van der Waals surface area contributed by atoms with Crippen LogP contribution in [0.15, 0.2) is 35.2 Å². The van der Waals surface area contributed by atoms with Gasteiger partial charge in [0, 0.05) is 12.1 Å². The van der Waals surface area contributed by atoms with Crippen molar-refractivity contribution < 1.29 is 32.2 Å². The van der Waals surface area contributed by atoms with Gasteiger partial charge in [-0.1, -0.05) is 0 Å². The average molecular weight is 409 g/mol. The number of methoxy groups -OCH3 is 3. The third-order valence-corrected chi connectivity index (χ3v) is 5.29. The second kappa shape index (κ2) is 8.83. The Morgan fingerprint density at radius 2 is 1.64 bits per heavy atom. The molecule has 0 saturated carbocycles. The van der Waals surface area contributed by atoms with Crippen molar-refractivity contribution in [1.82, 2.24) is 0 Å². The first-order chi connectivity index (χ1) is 13.3. The maximum absolute atomic E-state index is 12.9. The van der Waals surface area contributed by atoms with Gasteiger partial charge in [-0.2, -0.15) is 0 Å². The molecule has 1 N–H and O–H groups in total. The molecule has 2 aromatic carbocycles. The van der Waals surface area contributed by atoms with Crippen molar-refractivity contribution in [1.29, 1.82) is 0 Å². The summed E-state index contributed by atoms with van der Waals surface area (Å²) in [6.45, 7) is 4.07. The molecule has 0 unspecified atom stereocenters. The fourth-order valence-electron chi connectivity index (χ4n) is 2.55. The Kier molecular flexibility index (Phi) is 6.74. The van der Waals surface area contributed by atoms with E-state index in [-0.39, 0.29) is 27.6 Å². The van der Waals surface area contributed by atoms with Crippen LogP contribution in [-0.2, 0) is 14.8 Å². The van der Waals surface area contributed by atoms with Gasteiger partial charge < -0.3 is 18.9 Å². The zero-order valence-electron chi connectivity index (χ0n) is 16.4. The van der Waals surface area contributed by atoms with E-state index in [1.807, 2.05) is 6.92 Å². The summed E-state index contributed by atoms with van der Waals surface area (Å²) in [6.07, 6.45) is 0. The predicted octanol–water partition coefficient (Wildman–Crippen LogP) is 3.00. The molecule has 9 heteroatoms. The smallest absolute Gasteiger partial charge is 0.340 e. The molecule has 2 rings (SSSR count). The van der Waals surface area contributed by atoms with Crippen molar-refractivity contribution in [3.63, 3.8) is 0 Å². The van der Waals surface area contributed by atoms with E-state index in [1.54, 1.807) is 13.0 Å². The molecule has 0 saturated heterocycles. The number of sulfonamides is 1. The maximum atomic E-state index is 12.9. The number of nitrogens with one attached hydrogen (secondary N) is 1. The highest BCUT2D eigenvalue weighted by Crippen LogP contribution is 2.35. The van der Waals surface area contributed by atoms with Gasteiger partial charge in [0.2, 0.25) is 0 Å². The minimum absolute atomic E-state index is 0.00798. The molecule has 8 nitrogen and oxygen atoms in total. The normalized spacial score (nSPS) is 10.9. The van der Waals surface area contributed by atoms with Crippen LogP contribution in [0.5, 0.6) is 17.2 Å². The van der Waals surface area contributed by atoms with Crippen LogP contribution in [0, 0.1) is 6.92 Å². The zero-order valence-corrected chi connectivity index (χ0v) is 17.2. The van der Waals surface area contributed by atoms with Gasteiger partial charge in [0.1, 0.15) is 5.75 Å². The van der Waals surface area contributed by atoms with E-state index >= 15 is 0 Å². The lowest BCUT2D eigenvalue weighted by Crippen LogP contribution is -2.17. The highest BCUT2D eigenvalue weighted by atomic mass is 32.2. The summed E-state index contributed by atoms with van der Waals surface area (Å²) in [5.41, 5.74) is 0.674. The van der Waals surface area contributed by atoms with Gasteiger partial charge in [0.15, 0.2) is 11.5 Å². The number of anilines is 1. The molecule has 0 bridgehead atoms. The predicted molar refractivity (Wildman–Crippen MR) is 104 cm³/mol. The fraction of sp³-hybridized carbons (Fsp3) is 0.316. The number of benzene rings is 2.